The van der Waals surface area contributed by atoms with Crippen LogP contribution in [0.1, 0.15) is 12.6 Å². The van der Waals surface area contributed by atoms with Gasteiger partial charge in [0.1, 0.15) is 11.8 Å². The number of hydrogen-bond donors (Lipinski definition) is 1. The van der Waals surface area contributed by atoms with Gasteiger partial charge < -0.3 is 8.94 Å². The van der Waals surface area contributed by atoms with E-state index in [1.807, 2.05) is 31.2 Å². The Bertz CT molecular complexity index is 1290. The molecule has 5 rings (SSSR count). The molecule has 1 N–H and O–H groups in total. The molecule has 0 fully saturated rings. The Kier molecular flexibility index (Phi) is 3.05. The van der Waals surface area contributed by atoms with Crippen LogP contribution in [0.15, 0.2) is 56.7 Å². The Hall–Kier alpha value is -3.68. The predicted octanol–water partition coefficient (Wildman–Crippen LogP) is 3.05. The fourth-order valence-electron chi connectivity index (χ4n) is 3.06. The third-order valence-corrected chi connectivity index (χ3v) is 4.33. The lowest BCUT2D eigenvalue weighted by atomic mass is 10.1. The molecule has 0 saturated carbocycles. The molecule has 0 unspecified atom stereocenters. The Balaban J connectivity index is 1.70. The average Bonchev–Trinajstić information content (AvgIpc) is 3.37. The van der Waals surface area contributed by atoms with Gasteiger partial charge in [-0.05, 0) is 24.6 Å². The van der Waals surface area contributed by atoms with Crippen LogP contribution in [0.25, 0.3) is 39.3 Å². The van der Waals surface area contributed by atoms with E-state index < -0.39 is 0 Å². The van der Waals surface area contributed by atoms with Crippen molar-refractivity contribution in [1.29, 1.82) is 0 Å². The number of aryl methyl sites for hydroxylation is 1. The van der Waals surface area contributed by atoms with Crippen molar-refractivity contribution in [1.82, 2.24) is 24.7 Å². The highest BCUT2D eigenvalue weighted by Gasteiger charge is 2.17. The van der Waals surface area contributed by atoms with E-state index in [1.54, 1.807) is 10.7 Å². The van der Waals surface area contributed by atoms with Gasteiger partial charge in [0.15, 0.2) is 11.2 Å². The van der Waals surface area contributed by atoms with Crippen molar-refractivity contribution in [3.8, 4) is 22.7 Å². The van der Waals surface area contributed by atoms with Crippen LogP contribution >= 0.6 is 0 Å². The molecule has 8 heteroatoms. The molecule has 1 aromatic carbocycles. The summed E-state index contributed by atoms with van der Waals surface area (Å²) in [5.74, 6) is 0.233. The largest absolute Gasteiger partial charge is 0.444 e. The number of H-pyrrole nitrogens is 1. The summed E-state index contributed by atoms with van der Waals surface area (Å²) in [4.78, 5) is 20.9. The van der Waals surface area contributed by atoms with Gasteiger partial charge in [0, 0.05) is 17.1 Å². The lowest BCUT2D eigenvalue weighted by Gasteiger charge is -2.02. The first-order chi connectivity index (χ1) is 12.7. The minimum atomic E-state index is -0.310. The van der Waals surface area contributed by atoms with E-state index in [4.69, 9.17) is 8.94 Å². The zero-order valence-corrected chi connectivity index (χ0v) is 13.8. The highest BCUT2D eigenvalue weighted by Crippen LogP contribution is 2.27. The Morgan fingerprint density at radius 3 is 3.00 bits per heavy atom. The van der Waals surface area contributed by atoms with Gasteiger partial charge in [0.25, 0.3) is 5.56 Å². The topological polar surface area (TPSA) is 102 Å². The number of hydrogen-bond acceptors (Lipinski definition) is 6. The fraction of sp³-hybridized carbons (Fsp3) is 0.111. The third kappa shape index (κ3) is 2.08. The summed E-state index contributed by atoms with van der Waals surface area (Å²) in [5, 5.41) is 7.78. The van der Waals surface area contributed by atoms with Crippen molar-refractivity contribution in [3.05, 3.63) is 59.0 Å². The second kappa shape index (κ2) is 5.41. The van der Waals surface area contributed by atoms with Crippen molar-refractivity contribution >= 4 is 16.6 Å². The Morgan fingerprint density at radius 2 is 2.19 bits per heavy atom. The quantitative estimate of drug-likeness (QED) is 0.538. The van der Waals surface area contributed by atoms with Gasteiger partial charge in [-0.15, -0.1) is 0 Å². The number of rotatable bonds is 3. The van der Waals surface area contributed by atoms with Crippen LogP contribution in [0.5, 0.6) is 0 Å². The molecule has 0 bridgehead atoms. The van der Waals surface area contributed by atoms with E-state index in [-0.39, 0.29) is 11.4 Å². The smallest absolute Gasteiger partial charge is 0.279 e. The van der Waals surface area contributed by atoms with E-state index in [0.717, 1.165) is 23.1 Å². The van der Waals surface area contributed by atoms with E-state index in [1.165, 1.54) is 12.5 Å². The van der Waals surface area contributed by atoms with E-state index in [2.05, 4.69) is 20.2 Å². The number of aromatic nitrogens is 5. The molecule has 0 aliphatic carbocycles. The van der Waals surface area contributed by atoms with Crippen molar-refractivity contribution in [3.63, 3.8) is 0 Å². The minimum Gasteiger partial charge on any atom is -0.444 e. The summed E-state index contributed by atoms with van der Waals surface area (Å²) in [5.41, 5.74) is 3.64. The van der Waals surface area contributed by atoms with Crippen LogP contribution < -0.4 is 5.56 Å². The van der Waals surface area contributed by atoms with Gasteiger partial charge in [-0.3, -0.25) is 9.89 Å². The van der Waals surface area contributed by atoms with Crippen molar-refractivity contribution in [2.24, 2.45) is 0 Å². The molecular formula is C18H13N5O3. The zero-order chi connectivity index (χ0) is 17.7. The Morgan fingerprint density at radius 1 is 1.27 bits per heavy atom. The maximum atomic E-state index is 12.3. The summed E-state index contributed by atoms with van der Waals surface area (Å²) in [6.07, 6.45) is 5.46. The maximum Gasteiger partial charge on any atom is 0.279 e. The molecule has 4 aromatic heterocycles. The number of aromatic amines is 1. The standard InChI is InChI=1S/C18H13N5O3/c1-2-12-11-4-3-10(9-14(11)26-22-12)13-5-7-23-16(20-13)15(17(24)21-23)18-19-6-8-25-18/h3-9H,2H2,1H3,(H,21,24). The normalized spacial score (nSPS) is 11.6. The summed E-state index contributed by atoms with van der Waals surface area (Å²) < 4.78 is 12.2. The van der Waals surface area contributed by atoms with Gasteiger partial charge >= 0.3 is 0 Å². The van der Waals surface area contributed by atoms with Crippen LogP contribution in [-0.2, 0) is 6.42 Å². The SMILES string of the molecule is CCc1noc2cc(-c3ccn4[nH]c(=O)c(-c5ncco5)c4n3)ccc12. The average molecular weight is 347 g/mol. The monoisotopic (exact) mass is 347 g/mol. The summed E-state index contributed by atoms with van der Waals surface area (Å²) >= 11 is 0. The van der Waals surface area contributed by atoms with Crippen molar-refractivity contribution in [2.75, 3.05) is 0 Å². The van der Waals surface area contributed by atoms with Crippen LogP contribution in [-0.4, -0.2) is 24.7 Å². The molecule has 5 aromatic rings. The second-order valence-electron chi connectivity index (χ2n) is 5.85. The lowest BCUT2D eigenvalue weighted by Crippen LogP contribution is -2.02. The van der Waals surface area contributed by atoms with Crippen LogP contribution in [0.2, 0.25) is 0 Å². The van der Waals surface area contributed by atoms with Crippen LogP contribution in [0.4, 0.5) is 0 Å². The molecule has 0 saturated heterocycles. The number of oxazole rings is 1. The summed E-state index contributed by atoms with van der Waals surface area (Å²) in [6.45, 7) is 2.04. The molecule has 4 heterocycles. The molecule has 26 heavy (non-hydrogen) atoms. The van der Waals surface area contributed by atoms with Gasteiger partial charge in [-0.1, -0.05) is 18.1 Å². The molecule has 0 spiro atoms. The van der Waals surface area contributed by atoms with Gasteiger partial charge in [-0.2, -0.15) is 0 Å². The highest BCUT2D eigenvalue weighted by molar-refractivity contribution is 5.84. The first-order valence-corrected chi connectivity index (χ1v) is 8.14. The molecule has 0 atom stereocenters. The predicted molar refractivity (Wildman–Crippen MR) is 93.7 cm³/mol. The Labute approximate surface area is 146 Å². The van der Waals surface area contributed by atoms with E-state index in [9.17, 15) is 4.79 Å². The highest BCUT2D eigenvalue weighted by atomic mass is 16.5. The fourth-order valence-corrected chi connectivity index (χ4v) is 3.06. The molecule has 0 aliphatic heterocycles. The first kappa shape index (κ1) is 14.6. The molecular weight excluding hydrogens is 334 g/mol. The second-order valence-corrected chi connectivity index (χ2v) is 5.85. The molecule has 8 nitrogen and oxygen atoms in total. The zero-order valence-electron chi connectivity index (χ0n) is 13.8. The van der Waals surface area contributed by atoms with Crippen molar-refractivity contribution in [2.45, 2.75) is 13.3 Å². The van der Waals surface area contributed by atoms with E-state index >= 15 is 0 Å². The molecule has 0 radical (unpaired) electrons. The van der Waals surface area contributed by atoms with Crippen molar-refractivity contribution < 1.29 is 8.94 Å². The van der Waals surface area contributed by atoms with Gasteiger partial charge in [0.2, 0.25) is 5.89 Å². The molecule has 0 aliphatic rings. The summed E-state index contributed by atoms with van der Waals surface area (Å²) in [7, 11) is 0. The number of benzene rings is 1. The summed E-state index contributed by atoms with van der Waals surface area (Å²) in [6, 6.07) is 7.66. The van der Waals surface area contributed by atoms with Gasteiger partial charge in [-0.25, -0.2) is 14.5 Å². The number of nitrogens with zero attached hydrogens (tertiary/aromatic N) is 4. The number of nitrogens with one attached hydrogen (secondary N) is 1. The molecule has 128 valence electrons. The van der Waals surface area contributed by atoms with Gasteiger partial charge in [0.05, 0.1) is 17.6 Å². The first-order valence-electron chi connectivity index (χ1n) is 8.14. The lowest BCUT2D eigenvalue weighted by molar-refractivity contribution is 0.447. The van der Waals surface area contributed by atoms with Crippen LogP contribution in [0.3, 0.4) is 0 Å². The minimum absolute atomic E-state index is 0.233. The maximum absolute atomic E-state index is 12.3. The molecule has 0 amide bonds. The number of fused-ring (bicyclic) bond motifs is 2. The third-order valence-electron chi connectivity index (χ3n) is 4.33. The van der Waals surface area contributed by atoms with E-state index in [0.29, 0.717) is 22.5 Å². The van der Waals surface area contributed by atoms with Crippen LogP contribution in [0, 0.1) is 0 Å².